The quantitative estimate of drug-likeness (QED) is 0.201. The Hall–Kier alpha value is -1.38. The molecule has 0 aromatic carbocycles. The fourth-order valence-corrected chi connectivity index (χ4v) is 1.51. The Balaban J connectivity index is 2.34. The summed E-state index contributed by atoms with van der Waals surface area (Å²) in [7, 11) is 1.56. The first-order valence-corrected chi connectivity index (χ1v) is 5.62. The monoisotopic (exact) mass is 261 g/mol. The van der Waals surface area contributed by atoms with Crippen LogP contribution in [-0.2, 0) is 19.0 Å². The maximum atomic E-state index is 11.8. The lowest BCUT2D eigenvalue weighted by Gasteiger charge is -2.32. The van der Waals surface area contributed by atoms with E-state index in [1.165, 1.54) is 0 Å². The highest BCUT2D eigenvalue weighted by Gasteiger charge is 2.26. The van der Waals surface area contributed by atoms with Crippen LogP contribution in [0.2, 0.25) is 0 Å². The SMILES string of the molecule is COCCOCC(=O)N1CCOC(C(N)=NO)C1. The second-order valence-corrected chi connectivity index (χ2v) is 3.77. The summed E-state index contributed by atoms with van der Waals surface area (Å²) in [6, 6.07) is 0. The number of oxime groups is 1. The summed E-state index contributed by atoms with van der Waals surface area (Å²) in [6.07, 6.45) is -0.563. The third-order valence-corrected chi connectivity index (χ3v) is 2.52. The minimum absolute atomic E-state index is 0.00769. The third-order valence-electron chi connectivity index (χ3n) is 2.52. The zero-order chi connectivity index (χ0) is 13.4. The molecule has 1 amide bonds. The molecule has 1 saturated heterocycles. The minimum atomic E-state index is -0.563. The molecule has 0 saturated carbocycles. The van der Waals surface area contributed by atoms with Gasteiger partial charge in [0.15, 0.2) is 5.84 Å². The van der Waals surface area contributed by atoms with E-state index < -0.39 is 6.10 Å². The van der Waals surface area contributed by atoms with Gasteiger partial charge in [0.05, 0.1) is 26.4 Å². The van der Waals surface area contributed by atoms with E-state index >= 15 is 0 Å². The second kappa shape index (κ2) is 7.85. The van der Waals surface area contributed by atoms with Crippen LogP contribution in [0.4, 0.5) is 0 Å². The Morgan fingerprint density at radius 3 is 3.06 bits per heavy atom. The largest absolute Gasteiger partial charge is 0.409 e. The number of rotatable bonds is 6. The Morgan fingerprint density at radius 2 is 2.39 bits per heavy atom. The van der Waals surface area contributed by atoms with Gasteiger partial charge in [0, 0.05) is 13.7 Å². The summed E-state index contributed by atoms with van der Waals surface area (Å²) >= 11 is 0. The van der Waals surface area contributed by atoms with E-state index in [0.717, 1.165) is 0 Å². The molecule has 0 radical (unpaired) electrons. The van der Waals surface area contributed by atoms with Crippen molar-refractivity contribution in [2.45, 2.75) is 6.10 Å². The predicted molar refractivity (Wildman–Crippen MR) is 62.4 cm³/mol. The van der Waals surface area contributed by atoms with Gasteiger partial charge in [-0.25, -0.2) is 0 Å². The van der Waals surface area contributed by atoms with E-state index in [2.05, 4.69) is 5.16 Å². The normalized spacial score (nSPS) is 21.1. The topological polar surface area (TPSA) is 107 Å². The van der Waals surface area contributed by atoms with Crippen LogP contribution in [-0.4, -0.2) is 74.6 Å². The lowest BCUT2D eigenvalue weighted by Crippen LogP contribution is -2.51. The number of ether oxygens (including phenoxy) is 3. The average Bonchev–Trinajstić information content (AvgIpc) is 2.42. The number of nitrogens with zero attached hydrogens (tertiary/aromatic N) is 2. The number of amidine groups is 1. The number of hydrogen-bond acceptors (Lipinski definition) is 6. The van der Waals surface area contributed by atoms with Gasteiger partial charge >= 0.3 is 0 Å². The molecule has 1 heterocycles. The number of methoxy groups -OCH3 is 1. The maximum absolute atomic E-state index is 11.8. The van der Waals surface area contributed by atoms with Crippen molar-refractivity contribution >= 4 is 11.7 Å². The van der Waals surface area contributed by atoms with Gasteiger partial charge in [-0.1, -0.05) is 5.16 Å². The molecular weight excluding hydrogens is 242 g/mol. The predicted octanol–water partition coefficient (Wildman–Crippen LogP) is -1.38. The van der Waals surface area contributed by atoms with Crippen LogP contribution in [0.15, 0.2) is 5.16 Å². The molecule has 1 atom stereocenters. The number of nitrogens with two attached hydrogens (primary N) is 1. The van der Waals surface area contributed by atoms with Crippen LogP contribution in [0.1, 0.15) is 0 Å². The fraction of sp³-hybridized carbons (Fsp3) is 0.800. The van der Waals surface area contributed by atoms with E-state index in [9.17, 15) is 4.79 Å². The van der Waals surface area contributed by atoms with Crippen LogP contribution in [0.5, 0.6) is 0 Å². The van der Waals surface area contributed by atoms with Crippen molar-refractivity contribution in [1.29, 1.82) is 0 Å². The van der Waals surface area contributed by atoms with Crippen LogP contribution in [0, 0.1) is 0 Å². The highest BCUT2D eigenvalue weighted by atomic mass is 16.5. The van der Waals surface area contributed by atoms with Crippen LogP contribution in [0.3, 0.4) is 0 Å². The van der Waals surface area contributed by atoms with Crippen molar-refractivity contribution in [2.75, 3.05) is 46.6 Å². The second-order valence-electron chi connectivity index (χ2n) is 3.77. The van der Waals surface area contributed by atoms with Gasteiger partial charge in [0.25, 0.3) is 0 Å². The number of amides is 1. The highest BCUT2D eigenvalue weighted by molar-refractivity contribution is 5.86. The van der Waals surface area contributed by atoms with E-state index in [1.54, 1.807) is 12.0 Å². The molecule has 0 spiro atoms. The first-order valence-electron chi connectivity index (χ1n) is 5.62. The number of carbonyl (C=O) groups excluding carboxylic acids is 1. The molecule has 1 fully saturated rings. The molecule has 8 heteroatoms. The molecule has 3 N–H and O–H groups in total. The van der Waals surface area contributed by atoms with E-state index in [-0.39, 0.29) is 24.9 Å². The fourth-order valence-electron chi connectivity index (χ4n) is 1.51. The zero-order valence-electron chi connectivity index (χ0n) is 10.4. The molecule has 1 aliphatic heterocycles. The number of morpholine rings is 1. The van der Waals surface area contributed by atoms with Gasteiger partial charge in [-0.2, -0.15) is 0 Å². The summed E-state index contributed by atoms with van der Waals surface area (Å²) < 4.78 is 15.2. The van der Waals surface area contributed by atoms with Gasteiger partial charge < -0.3 is 30.1 Å². The van der Waals surface area contributed by atoms with Crippen molar-refractivity contribution in [2.24, 2.45) is 10.9 Å². The lowest BCUT2D eigenvalue weighted by molar-refractivity contribution is -0.142. The molecule has 0 aliphatic carbocycles. The Labute approximate surface area is 105 Å². The molecule has 104 valence electrons. The minimum Gasteiger partial charge on any atom is -0.409 e. The molecule has 1 rings (SSSR count). The lowest BCUT2D eigenvalue weighted by atomic mass is 10.2. The smallest absolute Gasteiger partial charge is 0.248 e. The van der Waals surface area contributed by atoms with Crippen molar-refractivity contribution in [1.82, 2.24) is 4.90 Å². The van der Waals surface area contributed by atoms with Gasteiger partial charge in [-0.15, -0.1) is 0 Å². The highest BCUT2D eigenvalue weighted by Crippen LogP contribution is 2.06. The van der Waals surface area contributed by atoms with E-state index in [0.29, 0.717) is 26.4 Å². The third kappa shape index (κ3) is 4.47. The zero-order valence-corrected chi connectivity index (χ0v) is 10.4. The van der Waals surface area contributed by atoms with E-state index in [4.69, 9.17) is 25.2 Å². The molecule has 0 aromatic rings. The summed E-state index contributed by atoms with van der Waals surface area (Å²) in [5.74, 6) is -0.182. The molecular formula is C10H19N3O5. The summed E-state index contributed by atoms with van der Waals surface area (Å²) in [6.45, 7) is 1.90. The molecule has 0 bridgehead atoms. The van der Waals surface area contributed by atoms with Gasteiger partial charge in [-0.3, -0.25) is 4.79 Å². The molecule has 18 heavy (non-hydrogen) atoms. The first-order chi connectivity index (χ1) is 8.69. The van der Waals surface area contributed by atoms with Crippen LogP contribution in [0.25, 0.3) is 0 Å². The number of hydrogen-bond donors (Lipinski definition) is 2. The Kier molecular flexibility index (Phi) is 6.40. The number of carbonyl (C=O) groups is 1. The Morgan fingerprint density at radius 1 is 1.61 bits per heavy atom. The Bertz CT molecular complexity index is 297. The van der Waals surface area contributed by atoms with Crippen molar-refractivity contribution in [3.63, 3.8) is 0 Å². The van der Waals surface area contributed by atoms with Gasteiger partial charge in [0.2, 0.25) is 5.91 Å². The first kappa shape index (κ1) is 14.7. The summed E-state index contributed by atoms with van der Waals surface area (Å²) in [5, 5.41) is 11.4. The molecule has 1 aliphatic rings. The molecule has 0 aromatic heterocycles. The average molecular weight is 261 g/mol. The summed E-state index contributed by atoms with van der Waals surface area (Å²) in [4.78, 5) is 13.3. The molecule has 8 nitrogen and oxygen atoms in total. The van der Waals surface area contributed by atoms with Crippen molar-refractivity contribution in [3.05, 3.63) is 0 Å². The van der Waals surface area contributed by atoms with Gasteiger partial charge in [-0.05, 0) is 0 Å². The standard InChI is InChI=1S/C10H19N3O5/c1-16-4-5-17-7-9(14)13-2-3-18-8(6-13)10(11)12-15/h8,15H,2-7H2,1H3,(H2,11,12). The maximum Gasteiger partial charge on any atom is 0.248 e. The van der Waals surface area contributed by atoms with Crippen molar-refractivity contribution in [3.8, 4) is 0 Å². The van der Waals surface area contributed by atoms with Gasteiger partial charge in [0.1, 0.15) is 12.7 Å². The van der Waals surface area contributed by atoms with Crippen LogP contribution < -0.4 is 5.73 Å². The van der Waals surface area contributed by atoms with Crippen LogP contribution >= 0.6 is 0 Å². The van der Waals surface area contributed by atoms with E-state index in [1.807, 2.05) is 0 Å². The molecule has 1 unspecified atom stereocenters. The van der Waals surface area contributed by atoms with Crippen molar-refractivity contribution < 1.29 is 24.2 Å². The summed E-state index contributed by atoms with van der Waals surface area (Å²) in [5.41, 5.74) is 5.44.